The SMILES string of the molecule is CCN(CC)C(CNC(=O)Cc1coc2cc(OC)ccc12)c1cccc(OC)c1. The van der Waals surface area contributed by atoms with Crippen molar-refractivity contribution in [1.29, 1.82) is 0 Å². The second-order valence-corrected chi connectivity index (χ2v) is 7.12. The molecular weight excluding hydrogens is 380 g/mol. The van der Waals surface area contributed by atoms with Gasteiger partial charge in [0.1, 0.15) is 17.1 Å². The number of furan rings is 1. The number of ether oxygens (including phenoxy) is 2. The molecule has 6 nitrogen and oxygen atoms in total. The van der Waals surface area contributed by atoms with Gasteiger partial charge in [-0.2, -0.15) is 0 Å². The lowest BCUT2D eigenvalue weighted by atomic mass is 10.0. The van der Waals surface area contributed by atoms with Crippen molar-refractivity contribution in [2.24, 2.45) is 0 Å². The van der Waals surface area contributed by atoms with Crippen LogP contribution in [0.4, 0.5) is 0 Å². The number of likely N-dealkylation sites (N-methyl/N-ethyl adjacent to an activating group) is 1. The largest absolute Gasteiger partial charge is 0.497 e. The van der Waals surface area contributed by atoms with Crippen molar-refractivity contribution >= 4 is 16.9 Å². The number of fused-ring (bicyclic) bond motifs is 1. The highest BCUT2D eigenvalue weighted by molar-refractivity contribution is 5.88. The summed E-state index contributed by atoms with van der Waals surface area (Å²) in [6.45, 7) is 6.57. The number of methoxy groups -OCH3 is 2. The zero-order valence-electron chi connectivity index (χ0n) is 18.1. The first-order valence-electron chi connectivity index (χ1n) is 10.3. The minimum absolute atomic E-state index is 0.0337. The predicted octanol–water partition coefficient (Wildman–Crippen LogP) is 4.19. The molecule has 1 amide bonds. The van der Waals surface area contributed by atoms with Crippen LogP contribution < -0.4 is 14.8 Å². The Balaban J connectivity index is 1.71. The molecule has 0 radical (unpaired) electrons. The molecule has 1 N–H and O–H groups in total. The number of benzene rings is 2. The van der Waals surface area contributed by atoms with Crippen molar-refractivity contribution in [2.45, 2.75) is 26.3 Å². The number of carbonyl (C=O) groups is 1. The summed E-state index contributed by atoms with van der Waals surface area (Å²) in [5.41, 5.74) is 2.71. The molecule has 3 aromatic rings. The summed E-state index contributed by atoms with van der Waals surface area (Å²) in [4.78, 5) is 15.0. The number of nitrogens with one attached hydrogen (secondary N) is 1. The standard InChI is InChI=1S/C24H30N2O4/c1-5-26(6-2)22(17-8-7-9-19(12-17)28-3)15-25-24(27)13-18-16-30-23-14-20(29-4)10-11-21(18)23/h7-12,14,16,22H,5-6,13,15H2,1-4H3,(H,25,27). The van der Waals surface area contributed by atoms with Gasteiger partial charge in [0.2, 0.25) is 5.91 Å². The second kappa shape index (κ2) is 10.2. The third-order valence-electron chi connectivity index (χ3n) is 5.44. The Morgan fingerprint density at radius 3 is 2.50 bits per heavy atom. The van der Waals surface area contributed by atoms with E-state index in [1.165, 1.54) is 0 Å². The van der Waals surface area contributed by atoms with E-state index in [1.54, 1.807) is 20.5 Å². The maximum atomic E-state index is 12.7. The zero-order valence-corrected chi connectivity index (χ0v) is 18.1. The minimum atomic E-state index is -0.0337. The summed E-state index contributed by atoms with van der Waals surface area (Å²) in [5, 5.41) is 4.04. The highest BCUT2D eigenvalue weighted by Crippen LogP contribution is 2.26. The molecule has 1 aromatic heterocycles. The van der Waals surface area contributed by atoms with Crippen molar-refractivity contribution in [3.63, 3.8) is 0 Å². The molecule has 30 heavy (non-hydrogen) atoms. The molecule has 0 spiro atoms. The van der Waals surface area contributed by atoms with Gasteiger partial charge in [-0.3, -0.25) is 9.69 Å². The molecule has 0 aliphatic carbocycles. The highest BCUT2D eigenvalue weighted by Gasteiger charge is 2.20. The lowest BCUT2D eigenvalue weighted by Gasteiger charge is -2.30. The minimum Gasteiger partial charge on any atom is -0.497 e. The molecule has 0 fully saturated rings. The summed E-state index contributed by atoms with van der Waals surface area (Å²) in [5.74, 6) is 1.51. The first-order chi connectivity index (χ1) is 14.6. The van der Waals surface area contributed by atoms with Crippen LogP contribution in [0.3, 0.4) is 0 Å². The summed E-state index contributed by atoms with van der Waals surface area (Å²) in [6.07, 6.45) is 1.91. The fourth-order valence-electron chi connectivity index (χ4n) is 3.74. The lowest BCUT2D eigenvalue weighted by Crippen LogP contribution is -2.38. The quantitative estimate of drug-likeness (QED) is 0.543. The van der Waals surface area contributed by atoms with Crippen LogP contribution >= 0.6 is 0 Å². The van der Waals surface area contributed by atoms with Crippen LogP contribution in [0.2, 0.25) is 0 Å². The Kier molecular flexibility index (Phi) is 7.36. The average molecular weight is 411 g/mol. The van der Waals surface area contributed by atoms with Gasteiger partial charge >= 0.3 is 0 Å². The van der Waals surface area contributed by atoms with E-state index in [9.17, 15) is 4.79 Å². The van der Waals surface area contributed by atoms with E-state index < -0.39 is 0 Å². The molecule has 0 aliphatic heterocycles. The van der Waals surface area contributed by atoms with E-state index in [1.807, 2.05) is 36.4 Å². The number of rotatable bonds is 10. The molecule has 1 heterocycles. The maximum Gasteiger partial charge on any atom is 0.224 e. The molecule has 1 unspecified atom stereocenters. The number of amides is 1. The van der Waals surface area contributed by atoms with Gasteiger partial charge in [0.05, 0.1) is 32.9 Å². The first-order valence-corrected chi connectivity index (χ1v) is 10.3. The maximum absolute atomic E-state index is 12.7. The molecular formula is C24H30N2O4. The molecule has 0 saturated carbocycles. The average Bonchev–Trinajstić information content (AvgIpc) is 3.18. The van der Waals surface area contributed by atoms with E-state index >= 15 is 0 Å². The molecule has 1 atom stereocenters. The molecule has 0 saturated heterocycles. The van der Waals surface area contributed by atoms with Crippen LogP contribution in [0.15, 0.2) is 53.1 Å². The topological polar surface area (TPSA) is 63.9 Å². The summed E-state index contributed by atoms with van der Waals surface area (Å²) in [7, 11) is 3.28. The van der Waals surface area contributed by atoms with Crippen LogP contribution in [-0.4, -0.2) is 44.7 Å². The summed E-state index contributed by atoms with van der Waals surface area (Å²) < 4.78 is 16.2. The highest BCUT2D eigenvalue weighted by atomic mass is 16.5. The van der Waals surface area contributed by atoms with E-state index in [-0.39, 0.29) is 18.4 Å². The third-order valence-corrected chi connectivity index (χ3v) is 5.44. The van der Waals surface area contributed by atoms with Crippen molar-refractivity contribution in [3.05, 3.63) is 59.9 Å². The Bertz CT molecular complexity index is 978. The lowest BCUT2D eigenvalue weighted by molar-refractivity contribution is -0.120. The third kappa shape index (κ3) is 4.94. The number of hydrogen-bond acceptors (Lipinski definition) is 5. The molecule has 160 valence electrons. The van der Waals surface area contributed by atoms with E-state index in [0.717, 1.165) is 46.7 Å². The fourth-order valence-corrected chi connectivity index (χ4v) is 3.74. The van der Waals surface area contributed by atoms with Crippen LogP contribution in [-0.2, 0) is 11.2 Å². The van der Waals surface area contributed by atoms with Crippen molar-refractivity contribution in [2.75, 3.05) is 33.9 Å². The summed E-state index contributed by atoms with van der Waals surface area (Å²) in [6, 6.07) is 13.7. The van der Waals surface area contributed by atoms with Gasteiger partial charge in [-0.1, -0.05) is 26.0 Å². The monoisotopic (exact) mass is 410 g/mol. The Hall–Kier alpha value is -2.99. The van der Waals surface area contributed by atoms with Gasteiger partial charge < -0.3 is 19.2 Å². The molecule has 0 bridgehead atoms. The molecule has 6 heteroatoms. The van der Waals surface area contributed by atoms with Gasteiger partial charge in [0, 0.05) is 23.6 Å². The van der Waals surface area contributed by atoms with Gasteiger partial charge in [0.15, 0.2) is 0 Å². The van der Waals surface area contributed by atoms with Gasteiger partial charge in [-0.05, 0) is 42.9 Å². The summed E-state index contributed by atoms with van der Waals surface area (Å²) >= 11 is 0. The second-order valence-electron chi connectivity index (χ2n) is 7.12. The molecule has 3 rings (SSSR count). The van der Waals surface area contributed by atoms with Crippen LogP contribution in [0.1, 0.15) is 31.0 Å². The van der Waals surface area contributed by atoms with Crippen LogP contribution in [0.5, 0.6) is 11.5 Å². The van der Waals surface area contributed by atoms with E-state index in [2.05, 4.69) is 30.1 Å². The van der Waals surface area contributed by atoms with Crippen molar-refractivity contribution in [3.8, 4) is 11.5 Å². The molecule has 0 aliphatic rings. The smallest absolute Gasteiger partial charge is 0.224 e. The predicted molar refractivity (Wildman–Crippen MR) is 118 cm³/mol. The fraction of sp³-hybridized carbons (Fsp3) is 0.375. The normalized spacial score (nSPS) is 12.2. The molecule has 2 aromatic carbocycles. The van der Waals surface area contributed by atoms with Crippen molar-refractivity contribution in [1.82, 2.24) is 10.2 Å². The van der Waals surface area contributed by atoms with Gasteiger partial charge in [0.25, 0.3) is 0 Å². The van der Waals surface area contributed by atoms with Gasteiger partial charge in [-0.15, -0.1) is 0 Å². The Morgan fingerprint density at radius 1 is 1.07 bits per heavy atom. The van der Waals surface area contributed by atoms with E-state index in [0.29, 0.717) is 6.54 Å². The first kappa shape index (κ1) is 21.7. The Morgan fingerprint density at radius 2 is 1.80 bits per heavy atom. The van der Waals surface area contributed by atoms with Crippen molar-refractivity contribution < 1.29 is 18.7 Å². The number of hydrogen-bond donors (Lipinski definition) is 1. The number of nitrogens with zero attached hydrogens (tertiary/aromatic N) is 1. The van der Waals surface area contributed by atoms with Crippen LogP contribution in [0.25, 0.3) is 11.0 Å². The number of carbonyl (C=O) groups excluding carboxylic acids is 1. The Labute approximate surface area is 177 Å². The van der Waals surface area contributed by atoms with Gasteiger partial charge in [-0.25, -0.2) is 0 Å². The zero-order chi connectivity index (χ0) is 21.5. The van der Waals surface area contributed by atoms with Crippen LogP contribution in [0, 0.1) is 0 Å². The van der Waals surface area contributed by atoms with E-state index in [4.69, 9.17) is 13.9 Å².